The van der Waals surface area contributed by atoms with E-state index in [2.05, 4.69) is 15.4 Å². The molecular weight excluding hydrogens is 399 g/mol. The standard InChI is InChI=1S/C22H17FN6O2/c23-18-7-4-15(5-8-18)20-16(3-1-11-25-20)13-26-21(30)17-6-9-19-27-29(12-2-10-24)22(31)28(19)14-17/h1,3-9,11,14H,2,12-13H2,(H,26,30). The van der Waals surface area contributed by atoms with Gasteiger partial charge >= 0.3 is 5.69 Å². The molecule has 0 fully saturated rings. The second-order valence-corrected chi connectivity index (χ2v) is 6.76. The van der Waals surface area contributed by atoms with Crippen molar-refractivity contribution in [2.45, 2.75) is 19.5 Å². The number of rotatable bonds is 6. The van der Waals surface area contributed by atoms with Crippen LogP contribution in [0.15, 0.2) is 65.7 Å². The average molecular weight is 416 g/mol. The van der Waals surface area contributed by atoms with Crippen LogP contribution in [-0.2, 0) is 13.1 Å². The maximum Gasteiger partial charge on any atom is 0.350 e. The predicted octanol–water partition coefficient (Wildman–Crippen LogP) is 2.54. The van der Waals surface area contributed by atoms with Crippen molar-refractivity contribution in [1.29, 1.82) is 5.26 Å². The van der Waals surface area contributed by atoms with Gasteiger partial charge in [0.05, 0.1) is 30.3 Å². The van der Waals surface area contributed by atoms with Crippen LogP contribution < -0.4 is 11.0 Å². The minimum absolute atomic E-state index is 0.165. The quantitative estimate of drug-likeness (QED) is 0.520. The third kappa shape index (κ3) is 4.18. The third-order valence-corrected chi connectivity index (χ3v) is 4.72. The minimum Gasteiger partial charge on any atom is -0.348 e. The summed E-state index contributed by atoms with van der Waals surface area (Å²) in [6.45, 7) is 0.388. The molecule has 0 aliphatic carbocycles. The molecule has 4 aromatic rings. The molecule has 3 aromatic heterocycles. The molecule has 1 aromatic carbocycles. The van der Waals surface area contributed by atoms with Crippen molar-refractivity contribution in [1.82, 2.24) is 24.5 Å². The lowest BCUT2D eigenvalue weighted by Crippen LogP contribution is -2.25. The molecular formula is C22H17FN6O2. The molecule has 0 radical (unpaired) electrons. The first kappa shape index (κ1) is 20.0. The number of halogens is 1. The fourth-order valence-corrected chi connectivity index (χ4v) is 3.18. The molecule has 3 heterocycles. The molecule has 0 saturated carbocycles. The summed E-state index contributed by atoms with van der Waals surface area (Å²) < 4.78 is 15.7. The third-order valence-electron chi connectivity index (χ3n) is 4.72. The molecule has 0 spiro atoms. The number of aryl methyl sites for hydroxylation is 1. The van der Waals surface area contributed by atoms with Crippen LogP contribution in [0.2, 0.25) is 0 Å². The zero-order chi connectivity index (χ0) is 21.8. The van der Waals surface area contributed by atoms with Gasteiger partial charge < -0.3 is 5.32 Å². The van der Waals surface area contributed by atoms with E-state index in [0.29, 0.717) is 16.9 Å². The van der Waals surface area contributed by atoms with Gasteiger partial charge in [0.15, 0.2) is 5.65 Å². The summed E-state index contributed by atoms with van der Waals surface area (Å²) >= 11 is 0. The highest BCUT2D eigenvalue weighted by atomic mass is 19.1. The molecule has 9 heteroatoms. The van der Waals surface area contributed by atoms with E-state index in [9.17, 15) is 14.0 Å². The molecule has 1 amide bonds. The number of carbonyl (C=O) groups excluding carboxylic acids is 1. The highest BCUT2D eigenvalue weighted by Crippen LogP contribution is 2.21. The van der Waals surface area contributed by atoms with E-state index in [0.717, 1.165) is 11.1 Å². The summed E-state index contributed by atoms with van der Waals surface area (Å²) in [5.41, 5.74) is 2.43. The van der Waals surface area contributed by atoms with Gasteiger partial charge in [-0.25, -0.2) is 18.3 Å². The molecule has 154 valence electrons. The van der Waals surface area contributed by atoms with Gasteiger partial charge in [0.2, 0.25) is 0 Å². The van der Waals surface area contributed by atoms with E-state index in [1.54, 1.807) is 36.5 Å². The summed E-state index contributed by atoms with van der Waals surface area (Å²) in [4.78, 5) is 29.4. The number of benzene rings is 1. The van der Waals surface area contributed by atoms with Crippen LogP contribution >= 0.6 is 0 Å². The van der Waals surface area contributed by atoms with Crippen LogP contribution in [0.25, 0.3) is 16.9 Å². The monoisotopic (exact) mass is 416 g/mol. The predicted molar refractivity (Wildman–Crippen MR) is 110 cm³/mol. The Bertz CT molecular complexity index is 1350. The lowest BCUT2D eigenvalue weighted by Gasteiger charge is -2.10. The summed E-state index contributed by atoms with van der Waals surface area (Å²) in [5, 5.41) is 15.7. The Hall–Kier alpha value is -4.32. The summed E-state index contributed by atoms with van der Waals surface area (Å²) in [6.07, 6.45) is 3.22. The van der Waals surface area contributed by atoms with Crippen LogP contribution in [0.4, 0.5) is 4.39 Å². The number of pyridine rings is 2. The van der Waals surface area contributed by atoms with Gasteiger partial charge in [-0.05, 0) is 48.0 Å². The Morgan fingerprint density at radius 1 is 1.16 bits per heavy atom. The highest BCUT2D eigenvalue weighted by Gasteiger charge is 2.13. The summed E-state index contributed by atoms with van der Waals surface area (Å²) in [7, 11) is 0. The maximum atomic E-state index is 13.2. The number of hydrogen-bond donors (Lipinski definition) is 1. The van der Waals surface area contributed by atoms with Gasteiger partial charge in [-0.15, -0.1) is 5.10 Å². The summed E-state index contributed by atoms with van der Waals surface area (Å²) in [5.74, 6) is -0.705. The Balaban J connectivity index is 1.54. The lowest BCUT2D eigenvalue weighted by atomic mass is 10.1. The van der Waals surface area contributed by atoms with E-state index in [1.165, 1.54) is 27.4 Å². The van der Waals surface area contributed by atoms with Crippen LogP contribution in [-0.4, -0.2) is 25.1 Å². The largest absolute Gasteiger partial charge is 0.350 e. The Kier molecular flexibility index (Phi) is 5.53. The molecule has 0 aliphatic heterocycles. The normalized spacial score (nSPS) is 10.7. The fraction of sp³-hybridized carbons (Fsp3) is 0.136. The van der Waals surface area contributed by atoms with Crippen LogP contribution in [0.3, 0.4) is 0 Å². The van der Waals surface area contributed by atoms with E-state index >= 15 is 0 Å². The number of nitrogens with zero attached hydrogens (tertiary/aromatic N) is 5. The zero-order valence-corrected chi connectivity index (χ0v) is 16.3. The van der Waals surface area contributed by atoms with Crippen molar-refractivity contribution in [2.75, 3.05) is 0 Å². The first-order valence-electron chi connectivity index (χ1n) is 9.51. The van der Waals surface area contributed by atoms with Crippen LogP contribution in [0, 0.1) is 17.1 Å². The van der Waals surface area contributed by atoms with Crippen molar-refractivity contribution < 1.29 is 9.18 Å². The van der Waals surface area contributed by atoms with Gasteiger partial charge in [-0.1, -0.05) is 6.07 Å². The number of aromatic nitrogens is 4. The van der Waals surface area contributed by atoms with E-state index in [-0.39, 0.29) is 31.2 Å². The number of fused-ring (bicyclic) bond motifs is 1. The first-order chi connectivity index (χ1) is 15.1. The summed E-state index contributed by atoms with van der Waals surface area (Å²) in [6, 6.07) is 14.7. The Morgan fingerprint density at radius 2 is 1.97 bits per heavy atom. The van der Waals surface area contributed by atoms with Crippen LogP contribution in [0.5, 0.6) is 0 Å². The van der Waals surface area contributed by atoms with Crippen molar-refractivity contribution >= 4 is 11.6 Å². The molecule has 4 rings (SSSR count). The second-order valence-electron chi connectivity index (χ2n) is 6.76. The Morgan fingerprint density at radius 3 is 2.74 bits per heavy atom. The van der Waals surface area contributed by atoms with Gasteiger partial charge in [-0.3, -0.25) is 9.78 Å². The molecule has 0 unspecified atom stereocenters. The second kappa shape index (κ2) is 8.59. The molecule has 31 heavy (non-hydrogen) atoms. The maximum absolute atomic E-state index is 13.2. The number of nitrogens with one attached hydrogen (secondary N) is 1. The van der Waals surface area contributed by atoms with Crippen molar-refractivity contribution in [3.05, 3.63) is 88.4 Å². The van der Waals surface area contributed by atoms with Crippen molar-refractivity contribution in [2.24, 2.45) is 0 Å². The molecule has 0 saturated heterocycles. The molecule has 0 bridgehead atoms. The fourth-order valence-electron chi connectivity index (χ4n) is 3.18. The molecule has 8 nitrogen and oxygen atoms in total. The van der Waals surface area contributed by atoms with Crippen molar-refractivity contribution in [3.8, 4) is 17.3 Å². The highest BCUT2D eigenvalue weighted by molar-refractivity contribution is 5.94. The lowest BCUT2D eigenvalue weighted by molar-refractivity contribution is 0.0950. The van der Waals surface area contributed by atoms with Gasteiger partial charge in [-0.2, -0.15) is 5.26 Å². The smallest absolute Gasteiger partial charge is 0.348 e. The average Bonchev–Trinajstić information content (AvgIpc) is 3.11. The zero-order valence-electron chi connectivity index (χ0n) is 16.3. The Labute approximate surface area is 176 Å². The number of nitriles is 1. The van der Waals surface area contributed by atoms with Crippen LogP contribution in [0.1, 0.15) is 22.3 Å². The van der Waals surface area contributed by atoms with Gasteiger partial charge in [0.1, 0.15) is 5.82 Å². The van der Waals surface area contributed by atoms with Crippen molar-refractivity contribution in [3.63, 3.8) is 0 Å². The number of carbonyl (C=O) groups is 1. The topological polar surface area (TPSA) is 105 Å². The minimum atomic E-state index is -0.411. The molecule has 1 N–H and O–H groups in total. The van der Waals surface area contributed by atoms with Gasteiger partial charge in [0, 0.05) is 24.5 Å². The molecule has 0 aliphatic rings. The van der Waals surface area contributed by atoms with Gasteiger partial charge in [0.25, 0.3) is 5.91 Å². The first-order valence-corrected chi connectivity index (χ1v) is 9.51. The van der Waals surface area contributed by atoms with E-state index in [4.69, 9.17) is 5.26 Å². The molecule has 0 atom stereocenters. The number of amides is 1. The number of hydrogen-bond acceptors (Lipinski definition) is 5. The SMILES string of the molecule is N#CCCn1nc2ccc(C(=O)NCc3cccnc3-c3ccc(F)cc3)cn2c1=O. The van der Waals surface area contributed by atoms with E-state index < -0.39 is 5.69 Å². The van der Waals surface area contributed by atoms with E-state index in [1.807, 2.05) is 12.1 Å².